The molecule has 0 spiro atoms. The monoisotopic (exact) mass is 266 g/mol. The van der Waals surface area contributed by atoms with Crippen molar-refractivity contribution >= 4 is 0 Å². The number of rotatable bonds is 8. The van der Waals surface area contributed by atoms with Gasteiger partial charge in [0.2, 0.25) is 0 Å². The first-order chi connectivity index (χ1) is 9.03. The van der Waals surface area contributed by atoms with Crippen LogP contribution in [-0.4, -0.2) is 12.4 Å². The Bertz CT molecular complexity index is 363. The van der Waals surface area contributed by atoms with Gasteiger partial charge in [0.1, 0.15) is 5.75 Å². The van der Waals surface area contributed by atoms with E-state index in [-0.39, 0.29) is 5.41 Å². The zero-order chi connectivity index (χ0) is 14.3. The average molecular weight is 266 g/mol. The predicted octanol–water partition coefficient (Wildman–Crippen LogP) is 4.80. The molecule has 0 heterocycles. The van der Waals surface area contributed by atoms with E-state index in [4.69, 9.17) is 9.99 Å². The topological polar surface area (TPSA) is 38.7 Å². The highest BCUT2D eigenvalue weighted by Crippen LogP contribution is 2.34. The summed E-state index contributed by atoms with van der Waals surface area (Å²) in [7, 11) is 1.62. The highest BCUT2D eigenvalue weighted by atomic mass is 17.1. The number of hydrogen-bond donors (Lipinski definition) is 1. The summed E-state index contributed by atoms with van der Waals surface area (Å²) in [5.41, 5.74) is 1.18. The Morgan fingerprint density at radius 1 is 1.05 bits per heavy atom. The maximum atomic E-state index is 8.84. The van der Waals surface area contributed by atoms with Crippen LogP contribution in [0, 0.1) is 0 Å². The summed E-state index contributed by atoms with van der Waals surface area (Å²) in [4.78, 5) is 4.36. The van der Waals surface area contributed by atoms with E-state index in [0.717, 1.165) is 12.0 Å². The third-order valence-electron chi connectivity index (χ3n) is 3.66. The molecule has 0 amide bonds. The highest BCUT2D eigenvalue weighted by molar-refractivity contribution is 5.41. The van der Waals surface area contributed by atoms with Crippen LogP contribution in [0.5, 0.6) is 11.5 Å². The minimum atomic E-state index is 0.0512. The second-order valence-electron chi connectivity index (χ2n) is 5.68. The van der Waals surface area contributed by atoms with Crippen molar-refractivity contribution in [2.75, 3.05) is 7.11 Å². The van der Waals surface area contributed by atoms with Crippen molar-refractivity contribution in [1.29, 1.82) is 0 Å². The number of hydrogen-bond acceptors (Lipinski definition) is 3. The van der Waals surface area contributed by atoms with Crippen LogP contribution < -0.4 is 9.62 Å². The van der Waals surface area contributed by atoms with Crippen molar-refractivity contribution in [3.05, 3.63) is 23.8 Å². The van der Waals surface area contributed by atoms with E-state index >= 15 is 0 Å². The molecular formula is C16H26O3. The van der Waals surface area contributed by atoms with E-state index in [1.54, 1.807) is 13.2 Å². The molecule has 19 heavy (non-hydrogen) atoms. The van der Waals surface area contributed by atoms with Gasteiger partial charge in [-0.25, -0.2) is 5.26 Å². The molecular weight excluding hydrogens is 240 g/mol. The van der Waals surface area contributed by atoms with Gasteiger partial charge in [0.05, 0.1) is 7.11 Å². The van der Waals surface area contributed by atoms with Crippen molar-refractivity contribution in [2.45, 2.75) is 58.3 Å². The first-order valence-electron chi connectivity index (χ1n) is 7.04. The van der Waals surface area contributed by atoms with Crippen LogP contribution in [0.2, 0.25) is 0 Å². The first kappa shape index (κ1) is 15.8. The van der Waals surface area contributed by atoms with Gasteiger partial charge in [-0.15, -0.1) is 0 Å². The van der Waals surface area contributed by atoms with Crippen LogP contribution in [0.4, 0.5) is 0 Å². The minimum Gasteiger partial charge on any atom is -0.497 e. The SMILES string of the molecule is CCCCCCC(C)(C)c1cc(OC)cc(OO)c1. The second-order valence-corrected chi connectivity index (χ2v) is 5.68. The van der Waals surface area contributed by atoms with Gasteiger partial charge in [-0.1, -0.05) is 46.5 Å². The van der Waals surface area contributed by atoms with E-state index in [9.17, 15) is 0 Å². The quantitative estimate of drug-likeness (QED) is 0.417. The van der Waals surface area contributed by atoms with Crippen LogP contribution in [0.3, 0.4) is 0 Å². The second kappa shape index (κ2) is 7.39. The van der Waals surface area contributed by atoms with Crippen LogP contribution in [0.25, 0.3) is 0 Å². The lowest BCUT2D eigenvalue weighted by Crippen LogP contribution is -2.17. The number of methoxy groups -OCH3 is 1. The molecule has 1 rings (SSSR count). The summed E-state index contributed by atoms with van der Waals surface area (Å²) in [5, 5.41) is 8.84. The predicted molar refractivity (Wildman–Crippen MR) is 78.0 cm³/mol. The van der Waals surface area contributed by atoms with E-state index in [1.165, 1.54) is 25.7 Å². The van der Waals surface area contributed by atoms with Gasteiger partial charge >= 0.3 is 0 Å². The zero-order valence-corrected chi connectivity index (χ0v) is 12.5. The van der Waals surface area contributed by atoms with Gasteiger partial charge in [-0.3, -0.25) is 0 Å². The molecule has 0 aliphatic carbocycles. The Kier molecular flexibility index (Phi) is 6.16. The number of ether oxygens (including phenoxy) is 1. The van der Waals surface area contributed by atoms with Crippen molar-refractivity contribution in [3.63, 3.8) is 0 Å². The zero-order valence-electron chi connectivity index (χ0n) is 12.5. The molecule has 0 aliphatic heterocycles. The minimum absolute atomic E-state index is 0.0512. The third kappa shape index (κ3) is 4.75. The first-order valence-corrected chi connectivity index (χ1v) is 7.04. The number of unbranched alkanes of at least 4 members (excludes halogenated alkanes) is 3. The molecule has 3 heteroatoms. The average Bonchev–Trinajstić information content (AvgIpc) is 2.43. The van der Waals surface area contributed by atoms with Crippen LogP contribution >= 0.6 is 0 Å². The fourth-order valence-corrected chi connectivity index (χ4v) is 2.27. The molecule has 3 nitrogen and oxygen atoms in total. The molecule has 1 aromatic carbocycles. The van der Waals surface area contributed by atoms with E-state index in [0.29, 0.717) is 11.5 Å². The van der Waals surface area contributed by atoms with Crippen molar-refractivity contribution in [3.8, 4) is 11.5 Å². The molecule has 0 unspecified atom stereocenters. The molecule has 1 aromatic rings. The Morgan fingerprint density at radius 2 is 1.74 bits per heavy atom. The van der Waals surface area contributed by atoms with Gasteiger partial charge in [0.15, 0.2) is 5.75 Å². The van der Waals surface area contributed by atoms with Gasteiger partial charge in [0, 0.05) is 6.07 Å². The fraction of sp³-hybridized carbons (Fsp3) is 0.625. The van der Waals surface area contributed by atoms with E-state index < -0.39 is 0 Å². The Labute approximate surface area is 116 Å². The summed E-state index contributed by atoms with van der Waals surface area (Å²) >= 11 is 0. The fourth-order valence-electron chi connectivity index (χ4n) is 2.27. The lowest BCUT2D eigenvalue weighted by Gasteiger charge is -2.26. The summed E-state index contributed by atoms with van der Waals surface area (Å²) in [6.45, 7) is 6.65. The third-order valence-corrected chi connectivity index (χ3v) is 3.66. The van der Waals surface area contributed by atoms with Gasteiger partial charge in [-0.2, -0.15) is 0 Å². The summed E-state index contributed by atoms with van der Waals surface area (Å²) in [6.07, 6.45) is 6.15. The lowest BCUT2D eigenvalue weighted by molar-refractivity contribution is -0.137. The normalized spacial score (nSPS) is 11.4. The Hall–Kier alpha value is -1.22. The molecule has 0 saturated heterocycles. The van der Waals surface area contributed by atoms with Gasteiger partial charge in [-0.05, 0) is 29.5 Å². The van der Waals surface area contributed by atoms with Crippen LogP contribution in [0.15, 0.2) is 18.2 Å². The molecule has 0 fully saturated rings. The van der Waals surface area contributed by atoms with Crippen LogP contribution in [0.1, 0.15) is 58.4 Å². The van der Waals surface area contributed by atoms with Gasteiger partial charge < -0.3 is 9.62 Å². The molecule has 0 aliphatic rings. The highest BCUT2D eigenvalue weighted by Gasteiger charge is 2.21. The largest absolute Gasteiger partial charge is 0.497 e. The van der Waals surface area contributed by atoms with E-state index in [1.807, 2.05) is 12.1 Å². The standard InChI is InChI=1S/C16H26O3/c1-5-6-7-8-9-16(2,3)13-10-14(18-4)12-15(11-13)19-17/h10-12,17H,5-9H2,1-4H3. The molecule has 0 radical (unpaired) electrons. The molecule has 0 aromatic heterocycles. The number of benzene rings is 1. The van der Waals surface area contributed by atoms with E-state index in [2.05, 4.69) is 25.7 Å². The maximum absolute atomic E-state index is 8.84. The van der Waals surface area contributed by atoms with Crippen LogP contribution in [-0.2, 0) is 5.41 Å². The van der Waals surface area contributed by atoms with Crippen molar-refractivity contribution in [1.82, 2.24) is 0 Å². The Balaban J connectivity index is 2.80. The lowest BCUT2D eigenvalue weighted by atomic mass is 9.80. The van der Waals surface area contributed by atoms with Gasteiger partial charge in [0.25, 0.3) is 0 Å². The molecule has 108 valence electrons. The maximum Gasteiger partial charge on any atom is 0.169 e. The molecule has 0 saturated carbocycles. The molecule has 0 bridgehead atoms. The Morgan fingerprint density at radius 3 is 2.32 bits per heavy atom. The van der Waals surface area contributed by atoms with Crippen molar-refractivity contribution < 1.29 is 14.9 Å². The summed E-state index contributed by atoms with van der Waals surface area (Å²) in [6, 6.07) is 5.57. The molecule has 1 N–H and O–H groups in total. The molecule has 0 atom stereocenters. The summed E-state index contributed by atoms with van der Waals surface area (Å²) < 4.78 is 5.24. The smallest absolute Gasteiger partial charge is 0.169 e. The van der Waals surface area contributed by atoms with Crippen molar-refractivity contribution in [2.24, 2.45) is 0 Å². The summed E-state index contributed by atoms with van der Waals surface area (Å²) in [5.74, 6) is 1.14.